The summed E-state index contributed by atoms with van der Waals surface area (Å²) in [7, 11) is 2.15. The Balaban J connectivity index is 2.81. The lowest BCUT2D eigenvalue weighted by molar-refractivity contribution is -0.155. The molecule has 1 fully saturated rings. The van der Waals surface area contributed by atoms with Crippen LogP contribution in [0.3, 0.4) is 0 Å². The zero-order valence-corrected chi connectivity index (χ0v) is 18.7. The van der Waals surface area contributed by atoms with Gasteiger partial charge in [0.05, 0.1) is 0 Å². The molecule has 0 saturated carbocycles. The fraction of sp³-hybridized carbons (Fsp3) is 0.870. The normalized spacial score (nSPS) is 23.5. The van der Waals surface area contributed by atoms with E-state index in [1.165, 1.54) is 0 Å². The van der Waals surface area contributed by atoms with Crippen LogP contribution in [0.5, 0.6) is 0 Å². The standard InChI is InChI=1S/C23H41NO4/c1-6-20(25)17-19-12-8-10-16-24(5)15-9-7-11-18(22(19)27)13-14-21(26)28-23(2,3)4/h18-19H,6-17H2,1-5H3. The molecule has 0 spiro atoms. The number of nitrogens with zero attached hydrogens (tertiary/aromatic N) is 1. The van der Waals surface area contributed by atoms with Gasteiger partial charge in [-0.25, -0.2) is 0 Å². The third-order valence-corrected chi connectivity index (χ3v) is 5.47. The van der Waals surface area contributed by atoms with Gasteiger partial charge >= 0.3 is 5.97 Å². The van der Waals surface area contributed by atoms with Crippen molar-refractivity contribution in [3.63, 3.8) is 0 Å². The number of carbonyl (C=O) groups excluding carboxylic acids is 3. The minimum absolute atomic E-state index is 0.146. The van der Waals surface area contributed by atoms with Crippen molar-refractivity contribution in [2.24, 2.45) is 11.8 Å². The minimum Gasteiger partial charge on any atom is -0.460 e. The lowest BCUT2D eigenvalue weighted by Gasteiger charge is -2.25. The van der Waals surface area contributed by atoms with E-state index in [1.54, 1.807) is 0 Å². The Bertz CT molecular complexity index is 509. The average Bonchev–Trinajstić information content (AvgIpc) is 2.60. The third kappa shape index (κ3) is 10.4. The van der Waals surface area contributed by atoms with Gasteiger partial charge in [-0.05, 0) is 73.0 Å². The third-order valence-electron chi connectivity index (χ3n) is 5.47. The van der Waals surface area contributed by atoms with E-state index in [2.05, 4.69) is 11.9 Å². The van der Waals surface area contributed by atoms with Gasteiger partial charge in [0.1, 0.15) is 17.2 Å². The summed E-state index contributed by atoms with van der Waals surface area (Å²) in [6.45, 7) is 9.52. The van der Waals surface area contributed by atoms with Gasteiger partial charge in [-0.15, -0.1) is 0 Å². The summed E-state index contributed by atoms with van der Waals surface area (Å²) in [6, 6.07) is 0. The molecule has 1 heterocycles. The molecule has 0 amide bonds. The molecule has 1 aliphatic rings. The van der Waals surface area contributed by atoms with Crippen molar-refractivity contribution in [2.45, 2.75) is 97.5 Å². The van der Waals surface area contributed by atoms with E-state index >= 15 is 0 Å². The summed E-state index contributed by atoms with van der Waals surface area (Å²) in [5.41, 5.74) is -0.506. The highest BCUT2D eigenvalue weighted by Crippen LogP contribution is 2.27. The molecule has 2 atom stereocenters. The van der Waals surface area contributed by atoms with Crippen molar-refractivity contribution in [3.05, 3.63) is 0 Å². The van der Waals surface area contributed by atoms with E-state index in [0.29, 0.717) is 19.3 Å². The maximum atomic E-state index is 13.3. The van der Waals surface area contributed by atoms with Crippen molar-refractivity contribution in [1.82, 2.24) is 4.90 Å². The van der Waals surface area contributed by atoms with E-state index in [-0.39, 0.29) is 35.8 Å². The lowest BCUT2D eigenvalue weighted by Crippen LogP contribution is -2.29. The Labute approximate surface area is 171 Å². The van der Waals surface area contributed by atoms with Gasteiger partial charge in [0.2, 0.25) is 0 Å². The molecule has 162 valence electrons. The van der Waals surface area contributed by atoms with Crippen LogP contribution in [0.2, 0.25) is 0 Å². The van der Waals surface area contributed by atoms with E-state index in [9.17, 15) is 14.4 Å². The van der Waals surface area contributed by atoms with Crippen LogP contribution in [-0.4, -0.2) is 48.2 Å². The average molecular weight is 396 g/mol. The van der Waals surface area contributed by atoms with Crippen LogP contribution in [0, 0.1) is 11.8 Å². The quantitative estimate of drug-likeness (QED) is 0.617. The topological polar surface area (TPSA) is 63.7 Å². The Hall–Kier alpha value is -1.23. The van der Waals surface area contributed by atoms with Gasteiger partial charge in [-0.2, -0.15) is 0 Å². The Morgan fingerprint density at radius 1 is 1.04 bits per heavy atom. The van der Waals surface area contributed by atoms with Crippen LogP contribution in [-0.2, 0) is 19.1 Å². The molecule has 0 N–H and O–H groups in total. The largest absolute Gasteiger partial charge is 0.460 e. The van der Waals surface area contributed by atoms with E-state index in [1.807, 2.05) is 27.7 Å². The van der Waals surface area contributed by atoms with Crippen molar-refractivity contribution >= 4 is 17.5 Å². The van der Waals surface area contributed by atoms with E-state index in [4.69, 9.17) is 4.74 Å². The monoisotopic (exact) mass is 395 g/mol. The second kappa shape index (κ2) is 12.4. The second-order valence-corrected chi connectivity index (χ2v) is 9.31. The maximum Gasteiger partial charge on any atom is 0.306 e. The first-order valence-electron chi connectivity index (χ1n) is 11.1. The molecule has 2 unspecified atom stereocenters. The smallest absolute Gasteiger partial charge is 0.306 e. The summed E-state index contributed by atoms with van der Waals surface area (Å²) in [5.74, 6) is -0.229. The van der Waals surface area contributed by atoms with Gasteiger partial charge in [0.15, 0.2) is 0 Å². The summed E-state index contributed by atoms with van der Waals surface area (Å²) in [5, 5.41) is 0. The fourth-order valence-corrected chi connectivity index (χ4v) is 3.87. The first-order valence-corrected chi connectivity index (χ1v) is 11.1. The lowest BCUT2D eigenvalue weighted by atomic mass is 9.81. The maximum absolute atomic E-state index is 13.3. The van der Waals surface area contributed by atoms with Crippen LogP contribution in [0.4, 0.5) is 0 Å². The van der Waals surface area contributed by atoms with Crippen LogP contribution >= 0.6 is 0 Å². The summed E-state index contributed by atoms with van der Waals surface area (Å²) in [6.07, 6.45) is 7.27. The molecular formula is C23H41NO4. The van der Waals surface area contributed by atoms with Crippen molar-refractivity contribution in [2.75, 3.05) is 20.1 Å². The molecule has 0 aliphatic carbocycles. The predicted octanol–water partition coefficient (Wildman–Crippen LogP) is 4.57. The van der Waals surface area contributed by atoms with Crippen LogP contribution in [0.25, 0.3) is 0 Å². The second-order valence-electron chi connectivity index (χ2n) is 9.31. The van der Waals surface area contributed by atoms with Crippen LogP contribution in [0.1, 0.15) is 91.9 Å². The number of ether oxygens (including phenoxy) is 1. The highest BCUT2D eigenvalue weighted by atomic mass is 16.6. The van der Waals surface area contributed by atoms with Gasteiger partial charge in [0.25, 0.3) is 0 Å². The van der Waals surface area contributed by atoms with Gasteiger partial charge in [-0.1, -0.05) is 19.8 Å². The highest BCUT2D eigenvalue weighted by molar-refractivity contribution is 5.89. The molecule has 1 aliphatic heterocycles. The number of rotatable bonds is 6. The van der Waals surface area contributed by atoms with Gasteiger partial charge < -0.3 is 9.64 Å². The Morgan fingerprint density at radius 3 is 2.14 bits per heavy atom. The molecule has 5 nitrogen and oxygen atoms in total. The Kier molecular flexibility index (Phi) is 10.9. The molecule has 0 aromatic carbocycles. The first-order chi connectivity index (χ1) is 13.1. The molecular weight excluding hydrogens is 354 g/mol. The molecule has 0 aromatic heterocycles. The molecule has 0 aromatic rings. The summed E-state index contributed by atoms with van der Waals surface area (Å²) in [4.78, 5) is 39.8. The molecule has 0 radical (unpaired) electrons. The fourth-order valence-electron chi connectivity index (χ4n) is 3.87. The molecule has 1 rings (SSSR count). The zero-order valence-electron chi connectivity index (χ0n) is 18.7. The predicted molar refractivity (Wildman–Crippen MR) is 112 cm³/mol. The summed E-state index contributed by atoms with van der Waals surface area (Å²) >= 11 is 0. The number of hydrogen-bond acceptors (Lipinski definition) is 5. The number of Topliss-reactive ketones (excluding diaryl/α,β-unsaturated/α-hetero) is 2. The van der Waals surface area contributed by atoms with Crippen LogP contribution < -0.4 is 0 Å². The SMILES string of the molecule is CCC(=O)CC1CCCCN(C)CCCCC(CCC(=O)OC(C)(C)C)C1=O. The van der Waals surface area contributed by atoms with Gasteiger partial charge in [-0.3, -0.25) is 14.4 Å². The zero-order chi connectivity index (χ0) is 21.2. The van der Waals surface area contributed by atoms with E-state index < -0.39 is 5.60 Å². The Morgan fingerprint density at radius 2 is 1.61 bits per heavy atom. The number of esters is 1. The first kappa shape index (κ1) is 24.8. The number of carbonyl (C=O) groups is 3. The minimum atomic E-state index is -0.506. The van der Waals surface area contributed by atoms with Gasteiger partial charge in [0, 0.05) is 31.1 Å². The van der Waals surface area contributed by atoms with Crippen molar-refractivity contribution < 1.29 is 19.1 Å². The molecule has 5 heteroatoms. The highest BCUT2D eigenvalue weighted by Gasteiger charge is 2.29. The molecule has 1 saturated heterocycles. The summed E-state index contributed by atoms with van der Waals surface area (Å²) < 4.78 is 5.41. The van der Waals surface area contributed by atoms with Crippen LogP contribution in [0.15, 0.2) is 0 Å². The number of hydrogen-bond donors (Lipinski definition) is 0. The van der Waals surface area contributed by atoms with Crippen molar-refractivity contribution in [1.29, 1.82) is 0 Å². The number of ketones is 2. The molecule has 28 heavy (non-hydrogen) atoms. The van der Waals surface area contributed by atoms with Crippen molar-refractivity contribution in [3.8, 4) is 0 Å². The van der Waals surface area contributed by atoms with E-state index in [0.717, 1.165) is 51.6 Å². The molecule has 0 bridgehead atoms.